The van der Waals surface area contributed by atoms with Gasteiger partial charge in [-0.15, -0.1) is 0 Å². The lowest BCUT2D eigenvalue weighted by atomic mass is 9.85. The van der Waals surface area contributed by atoms with E-state index < -0.39 is 16.2 Å². The summed E-state index contributed by atoms with van der Waals surface area (Å²) in [4.78, 5) is 15.6. The van der Waals surface area contributed by atoms with E-state index in [1.165, 1.54) is 33.5 Å². The van der Waals surface area contributed by atoms with E-state index in [4.69, 9.17) is 0 Å². The van der Waals surface area contributed by atoms with E-state index in [-0.39, 0.29) is 11.2 Å². The van der Waals surface area contributed by atoms with Gasteiger partial charge < -0.3 is 4.74 Å². The summed E-state index contributed by atoms with van der Waals surface area (Å²) >= 11 is 0. The minimum absolute atomic E-state index is 0.00436. The number of carbonyl (C=O) groups excluding carboxylic acids is 1. The molecule has 0 aliphatic carbocycles. The predicted molar refractivity (Wildman–Crippen MR) is 89.1 cm³/mol. The molecule has 0 spiro atoms. The number of hydrogen-bond acceptors (Lipinski definition) is 5. The first kappa shape index (κ1) is 19.4. The molecule has 1 heterocycles. The highest BCUT2D eigenvalue weighted by molar-refractivity contribution is 7.87. The van der Waals surface area contributed by atoms with Gasteiger partial charge in [0.05, 0.1) is 12.8 Å². The summed E-state index contributed by atoms with van der Waals surface area (Å²) in [5.74, 6) is -0.400. The number of hydrogen-bond donors (Lipinski definition) is 0. The molecule has 0 aromatic carbocycles. The maximum absolute atomic E-state index is 12.4. The maximum atomic E-state index is 12.4. The number of esters is 1. The van der Waals surface area contributed by atoms with Crippen LogP contribution in [0.1, 0.15) is 38.7 Å². The Labute approximate surface area is 138 Å². The highest BCUT2D eigenvalue weighted by Gasteiger charge is 2.24. The van der Waals surface area contributed by atoms with E-state index in [2.05, 4.69) is 30.5 Å². The predicted octanol–water partition coefficient (Wildman–Crippen LogP) is 1.70. The van der Waals surface area contributed by atoms with Gasteiger partial charge in [0, 0.05) is 26.4 Å². The Bertz CT molecular complexity index is 688. The van der Waals surface area contributed by atoms with Crippen LogP contribution in [0.2, 0.25) is 0 Å². The average Bonchev–Trinajstić information content (AvgIpc) is 2.87. The summed E-state index contributed by atoms with van der Waals surface area (Å²) in [6.45, 7) is 6.26. The Kier molecular flexibility index (Phi) is 6.12. The van der Waals surface area contributed by atoms with Crippen LogP contribution < -0.4 is 0 Å². The van der Waals surface area contributed by atoms with Gasteiger partial charge in [-0.3, -0.25) is 0 Å². The number of aromatic nitrogens is 2. The lowest BCUT2D eigenvalue weighted by Crippen LogP contribution is -2.29. The van der Waals surface area contributed by atoms with Gasteiger partial charge in [-0.05, 0) is 17.9 Å². The summed E-state index contributed by atoms with van der Waals surface area (Å²) in [5, 5.41) is 0. The summed E-state index contributed by atoms with van der Waals surface area (Å²) < 4.78 is 31.5. The standard InChI is InChI=1S/C15H25N3O4S/c1-7-15(2,3)10-12-11-18(23(20,21)17(4)5)13(16-12)8-9-14(19)22-6/h8-9,11H,7,10H2,1-6H3. The summed E-state index contributed by atoms with van der Waals surface area (Å²) in [6.07, 6.45) is 5.57. The molecule has 0 N–H and O–H groups in total. The minimum atomic E-state index is -3.72. The number of rotatable bonds is 7. The van der Waals surface area contributed by atoms with Crippen molar-refractivity contribution < 1.29 is 17.9 Å². The monoisotopic (exact) mass is 343 g/mol. The quantitative estimate of drug-likeness (QED) is 0.556. The molecule has 8 heteroatoms. The van der Waals surface area contributed by atoms with E-state index in [0.717, 1.165) is 20.8 Å². The van der Waals surface area contributed by atoms with Crippen molar-refractivity contribution in [2.75, 3.05) is 21.2 Å². The summed E-state index contributed by atoms with van der Waals surface area (Å²) in [6, 6.07) is 0. The number of nitrogens with zero attached hydrogens (tertiary/aromatic N) is 3. The summed E-state index contributed by atoms with van der Waals surface area (Å²) in [5.41, 5.74) is 0.663. The molecule has 0 saturated carbocycles. The van der Waals surface area contributed by atoms with E-state index in [0.29, 0.717) is 12.1 Å². The minimum Gasteiger partial charge on any atom is -0.466 e. The van der Waals surface area contributed by atoms with Gasteiger partial charge in [-0.25, -0.2) is 13.8 Å². The SMILES string of the molecule is CCC(C)(C)Cc1cn(S(=O)(=O)N(C)C)c(C=CC(=O)OC)n1. The first-order valence-corrected chi connectivity index (χ1v) is 8.70. The van der Waals surface area contributed by atoms with E-state index >= 15 is 0 Å². The van der Waals surface area contributed by atoms with Crippen molar-refractivity contribution in [3.63, 3.8) is 0 Å². The van der Waals surface area contributed by atoms with Gasteiger partial charge in [-0.2, -0.15) is 12.7 Å². The first-order valence-electron chi connectivity index (χ1n) is 7.31. The Morgan fingerprint density at radius 1 is 1.43 bits per heavy atom. The molecule has 0 unspecified atom stereocenters. The number of methoxy groups -OCH3 is 1. The molecule has 1 rings (SSSR count). The molecule has 0 aliphatic heterocycles. The second kappa shape index (κ2) is 7.27. The highest BCUT2D eigenvalue weighted by Crippen LogP contribution is 2.25. The van der Waals surface area contributed by atoms with Crippen molar-refractivity contribution in [2.24, 2.45) is 5.41 Å². The second-order valence-electron chi connectivity index (χ2n) is 6.23. The average molecular weight is 343 g/mol. The lowest BCUT2D eigenvalue weighted by Gasteiger charge is -2.20. The topological polar surface area (TPSA) is 81.5 Å². The van der Waals surface area contributed by atoms with Gasteiger partial charge in [-0.1, -0.05) is 27.2 Å². The van der Waals surface area contributed by atoms with Crippen LogP contribution in [0.3, 0.4) is 0 Å². The zero-order valence-electron chi connectivity index (χ0n) is 14.5. The van der Waals surface area contributed by atoms with Crippen LogP contribution in [0, 0.1) is 5.41 Å². The third-order valence-electron chi connectivity index (χ3n) is 3.65. The number of ether oxygens (including phenoxy) is 1. The maximum Gasteiger partial charge on any atom is 0.330 e. The molecule has 23 heavy (non-hydrogen) atoms. The molecular weight excluding hydrogens is 318 g/mol. The van der Waals surface area contributed by atoms with Crippen LogP contribution in [-0.4, -0.2) is 48.9 Å². The van der Waals surface area contributed by atoms with E-state index in [1.807, 2.05) is 0 Å². The van der Waals surface area contributed by atoms with Crippen molar-refractivity contribution in [3.05, 3.63) is 23.8 Å². The molecule has 0 radical (unpaired) electrons. The second-order valence-corrected chi connectivity index (χ2v) is 8.25. The normalized spacial score (nSPS) is 13.0. The van der Waals surface area contributed by atoms with Crippen LogP contribution >= 0.6 is 0 Å². The molecule has 0 amide bonds. The van der Waals surface area contributed by atoms with E-state index in [9.17, 15) is 13.2 Å². The van der Waals surface area contributed by atoms with Crippen LogP contribution in [0.15, 0.2) is 12.3 Å². The molecule has 0 fully saturated rings. The fraction of sp³-hybridized carbons (Fsp3) is 0.600. The molecule has 0 bridgehead atoms. The van der Waals surface area contributed by atoms with Crippen molar-refractivity contribution in [3.8, 4) is 0 Å². The van der Waals surface area contributed by atoms with E-state index in [1.54, 1.807) is 0 Å². The van der Waals surface area contributed by atoms with Crippen molar-refractivity contribution in [2.45, 2.75) is 33.6 Å². The lowest BCUT2D eigenvalue weighted by molar-refractivity contribution is -0.134. The van der Waals surface area contributed by atoms with Crippen molar-refractivity contribution in [1.82, 2.24) is 13.3 Å². The molecule has 7 nitrogen and oxygen atoms in total. The highest BCUT2D eigenvalue weighted by atomic mass is 32.2. The zero-order chi connectivity index (χ0) is 17.8. The van der Waals surface area contributed by atoms with Crippen LogP contribution in [0.4, 0.5) is 0 Å². The Morgan fingerprint density at radius 3 is 2.52 bits per heavy atom. The Balaban J connectivity index is 3.33. The third-order valence-corrected chi connectivity index (χ3v) is 5.36. The smallest absolute Gasteiger partial charge is 0.330 e. The van der Waals surface area contributed by atoms with Crippen molar-refractivity contribution in [1.29, 1.82) is 0 Å². The molecule has 0 saturated heterocycles. The molecular formula is C15H25N3O4S. The Morgan fingerprint density at radius 2 is 2.04 bits per heavy atom. The van der Waals surface area contributed by atoms with Crippen LogP contribution in [0.25, 0.3) is 6.08 Å². The first-order chi connectivity index (χ1) is 10.5. The molecule has 0 atom stereocenters. The van der Waals surface area contributed by atoms with Gasteiger partial charge in [0.15, 0.2) is 0 Å². The molecule has 1 aromatic heterocycles. The molecule has 130 valence electrons. The van der Waals surface area contributed by atoms with Crippen LogP contribution in [-0.2, 0) is 26.2 Å². The summed E-state index contributed by atoms with van der Waals surface area (Å²) in [7, 11) is 0.422. The van der Waals surface area contributed by atoms with Gasteiger partial charge >= 0.3 is 16.2 Å². The van der Waals surface area contributed by atoms with Gasteiger partial charge in [0.2, 0.25) is 0 Å². The number of carbonyl (C=O) groups is 1. The molecule has 0 aliphatic rings. The van der Waals surface area contributed by atoms with Crippen molar-refractivity contribution >= 4 is 22.3 Å². The largest absolute Gasteiger partial charge is 0.466 e. The van der Waals surface area contributed by atoms with Gasteiger partial charge in [0.25, 0.3) is 0 Å². The fourth-order valence-electron chi connectivity index (χ4n) is 1.81. The number of imidazole rings is 1. The van der Waals surface area contributed by atoms with Crippen LogP contribution in [0.5, 0.6) is 0 Å². The van der Waals surface area contributed by atoms with Gasteiger partial charge in [0.1, 0.15) is 5.82 Å². The third kappa shape index (κ3) is 4.90. The fourth-order valence-corrected chi connectivity index (χ4v) is 2.75. The zero-order valence-corrected chi connectivity index (χ0v) is 15.3. The molecule has 1 aromatic rings. The Hall–Kier alpha value is -1.67.